The second-order valence-electron chi connectivity index (χ2n) is 2.83. The molecule has 0 amide bonds. The van der Waals surface area contributed by atoms with Gasteiger partial charge in [0, 0.05) is 13.1 Å². The van der Waals surface area contributed by atoms with Crippen LogP contribution in [0.1, 0.15) is 13.8 Å². The maximum atomic E-state index is 10.7. The molecule has 13 heavy (non-hydrogen) atoms. The Kier molecular flexibility index (Phi) is 6.49. The molecule has 0 saturated heterocycles. The van der Waals surface area contributed by atoms with E-state index in [1.165, 1.54) is 6.92 Å². The van der Waals surface area contributed by atoms with Crippen molar-refractivity contribution in [1.82, 2.24) is 4.90 Å². The number of hydrogen-bond donors (Lipinski definition) is 0. The molecule has 75 valence electrons. The molecule has 0 aromatic heterocycles. The van der Waals surface area contributed by atoms with Gasteiger partial charge in [-0.1, -0.05) is 12.2 Å². The lowest BCUT2D eigenvalue weighted by molar-refractivity contribution is -0.189. The highest BCUT2D eigenvalue weighted by molar-refractivity contribution is 4.80. The monoisotopic (exact) mass is 184 g/mol. The van der Waals surface area contributed by atoms with Crippen molar-refractivity contribution in [3.63, 3.8) is 0 Å². The number of nitrogens with zero attached hydrogens (tertiary/aromatic N) is 1. The lowest BCUT2D eigenvalue weighted by atomic mass is 10.4. The minimum atomic E-state index is -0.993. The fraction of sp³-hybridized carbons (Fsp3) is 0.600. The topological polar surface area (TPSA) is 32.4 Å². The van der Waals surface area contributed by atoms with Crippen LogP contribution in [0, 0.1) is 0 Å². The summed E-state index contributed by atoms with van der Waals surface area (Å²) in [4.78, 5) is 1.97. The molecule has 0 bridgehead atoms. The van der Waals surface area contributed by atoms with Gasteiger partial charge in [-0.25, -0.2) is 5.11 Å². The zero-order valence-corrected chi connectivity index (χ0v) is 8.40. The van der Waals surface area contributed by atoms with Crippen molar-refractivity contribution < 1.29 is 9.84 Å². The van der Waals surface area contributed by atoms with Crippen molar-refractivity contribution in [2.45, 2.75) is 26.4 Å². The summed E-state index contributed by atoms with van der Waals surface area (Å²) in [5, 5.41) is 10.7. The van der Waals surface area contributed by atoms with Crippen LogP contribution < -0.4 is 0 Å². The summed E-state index contributed by atoms with van der Waals surface area (Å²) in [6.45, 7) is 12.0. The zero-order chi connectivity index (χ0) is 10.3. The zero-order valence-electron chi connectivity index (χ0n) is 8.40. The van der Waals surface area contributed by atoms with E-state index >= 15 is 0 Å². The summed E-state index contributed by atoms with van der Waals surface area (Å²) < 4.78 is 5.09. The second-order valence-corrected chi connectivity index (χ2v) is 2.83. The highest BCUT2D eigenvalue weighted by atomic mass is 16.6. The van der Waals surface area contributed by atoms with E-state index in [-0.39, 0.29) is 6.23 Å². The van der Waals surface area contributed by atoms with Gasteiger partial charge in [0.1, 0.15) is 6.23 Å². The van der Waals surface area contributed by atoms with Gasteiger partial charge in [0.2, 0.25) is 0 Å². The van der Waals surface area contributed by atoms with E-state index in [0.29, 0.717) is 13.1 Å². The Morgan fingerprint density at radius 1 is 1.31 bits per heavy atom. The molecule has 0 N–H and O–H groups in total. The molecule has 0 aromatic rings. The third-order valence-corrected chi connectivity index (χ3v) is 1.63. The van der Waals surface area contributed by atoms with Crippen molar-refractivity contribution in [2.24, 2.45) is 0 Å². The van der Waals surface area contributed by atoms with E-state index in [1.807, 2.05) is 11.8 Å². The summed E-state index contributed by atoms with van der Waals surface area (Å²) in [5.41, 5.74) is 0. The van der Waals surface area contributed by atoms with Crippen LogP contribution in [0.25, 0.3) is 0 Å². The average molecular weight is 184 g/mol. The Balaban J connectivity index is 4.00. The molecule has 3 nitrogen and oxygen atoms in total. The van der Waals surface area contributed by atoms with E-state index in [9.17, 15) is 5.11 Å². The predicted octanol–water partition coefficient (Wildman–Crippen LogP) is 1.80. The first-order valence-corrected chi connectivity index (χ1v) is 4.39. The van der Waals surface area contributed by atoms with Crippen molar-refractivity contribution >= 4 is 0 Å². The summed E-state index contributed by atoms with van der Waals surface area (Å²) in [6, 6.07) is 0. The number of ether oxygens (including phenoxy) is 1. The predicted molar refractivity (Wildman–Crippen MR) is 52.7 cm³/mol. The Morgan fingerprint density at radius 3 is 2.08 bits per heavy atom. The summed E-state index contributed by atoms with van der Waals surface area (Å²) in [7, 11) is 0. The maximum Gasteiger partial charge on any atom is 0.190 e. The van der Waals surface area contributed by atoms with Gasteiger partial charge in [-0.2, -0.15) is 0 Å². The third kappa shape index (κ3) is 5.58. The van der Waals surface area contributed by atoms with Gasteiger partial charge in [0.25, 0.3) is 0 Å². The van der Waals surface area contributed by atoms with E-state index in [1.54, 1.807) is 12.2 Å². The molecule has 1 radical (unpaired) electrons. The summed E-state index contributed by atoms with van der Waals surface area (Å²) >= 11 is 0. The molecule has 0 rings (SSSR count). The van der Waals surface area contributed by atoms with Crippen molar-refractivity contribution in [3.05, 3.63) is 25.3 Å². The lowest BCUT2D eigenvalue weighted by Gasteiger charge is -2.27. The molecule has 0 fully saturated rings. The second kappa shape index (κ2) is 6.83. The maximum absolute atomic E-state index is 10.7. The first kappa shape index (κ1) is 12.4. The van der Waals surface area contributed by atoms with Crippen LogP contribution in [-0.4, -0.2) is 30.5 Å². The van der Waals surface area contributed by atoms with Crippen molar-refractivity contribution in [1.29, 1.82) is 0 Å². The van der Waals surface area contributed by atoms with Crippen molar-refractivity contribution in [2.75, 3.05) is 13.1 Å². The van der Waals surface area contributed by atoms with Gasteiger partial charge in [-0.05, 0) is 13.8 Å². The first-order chi connectivity index (χ1) is 6.11. The molecule has 0 spiro atoms. The molecule has 2 atom stereocenters. The highest BCUT2D eigenvalue weighted by Gasteiger charge is 2.13. The SMILES string of the molecule is C=CCN(CC=C)C(C)OC(C)[O]. The van der Waals surface area contributed by atoms with Crippen LogP contribution >= 0.6 is 0 Å². The minimum Gasteiger partial charge on any atom is -0.332 e. The Bertz CT molecular complexity index is 147. The minimum absolute atomic E-state index is 0.191. The molecule has 0 aliphatic carbocycles. The van der Waals surface area contributed by atoms with Crippen LogP contribution in [0.15, 0.2) is 25.3 Å². The summed E-state index contributed by atoms with van der Waals surface area (Å²) in [6.07, 6.45) is 2.37. The van der Waals surface area contributed by atoms with Crippen LogP contribution in [0.5, 0.6) is 0 Å². The smallest absolute Gasteiger partial charge is 0.190 e. The van der Waals surface area contributed by atoms with Crippen molar-refractivity contribution in [3.8, 4) is 0 Å². The van der Waals surface area contributed by atoms with Crippen LogP contribution in [0.3, 0.4) is 0 Å². The van der Waals surface area contributed by atoms with E-state index in [2.05, 4.69) is 13.2 Å². The Labute approximate surface area is 80.3 Å². The van der Waals surface area contributed by atoms with Crippen LogP contribution in [0.2, 0.25) is 0 Å². The van der Waals surface area contributed by atoms with Gasteiger partial charge in [-0.15, -0.1) is 13.2 Å². The van der Waals surface area contributed by atoms with Gasteiger partial charge in [0.05, 0.1) is 0 Å². The molecule has 0 aliphatic rings. The van der Waals surface area contributed by atoms with E-state index in [0.717, 1.165) is 0 Å². The first-order valence-electron chi connectivity index (χ1n) is 4.39. The number of hydrogen-bond acceptors (Lipinski definition) is 2. The van der Waals surface area contributed by atoms with Gasteiger partial charge in [0.15, 0.2) is 6.29 Å². The molecule has 0 aliphatic heterocycles. The van der Waals surface area contributed by atoms with E-state index < -0.39 is 6.29 Å². The fourth-order valence-corrected chi connectivity index (χ4v) is 1.07. The molecule has 3 heteroatoms. The standard InChI is InChI=1S/C10H18NO2/c1-5-7-11(8-6-2)9(3)13-10(4)12/h5-6,9-10H,1-2,7-8H2,3-4H3. The molecule has 0 aromatic carbocycles. The van der Waals surface area contributed by atoms with Gasteiger partial charge in [-0.3, -0.25) is 4.90 Å². The van der Waals surface area contributed by atoms with Gasteiger partial charge >= 0.3 is 0 Å². The van der Waals surface area contributed by atoms with Gasteiger partial charge < -0.3 is 4.74 Å². The quantitative estimate of drug-likeness (QED) is 0.446. The molecule has 0 heterocycles. The Morgan fingerprint density at radius 2 is 1.77 bits per heavy atom. The Hall–Kier alpha value is -0.640. The normalized spacial score (nSPS) is 15.4. The number of rotatable bonds is 7. The van der Waals surface area contributed by atoms with E-state index in [4.69, 9.17) is 4.74 Å². The lowest BCUT2D eigenvalue weighted by Crippen LogP contribution is -2.37. The fourth-order valence-electron chi connectivity index (χ4n) is 1.07. The molecule has 0 saturated carbocycles. The highest BCUT2D eigenvalue weighted by Crippen LogP contribution is 2.03. The molecule has 2 unspecified atom stereocenters. The van der Waals surface area contributed by atoms with Crippen LogP contribution in [-0.2, 0) is 9.84 Å². The summed E-state index contributed by atoms with van der Waals surface area (Å²) in [5.74, 6) is 0. The van der Waals surface area contributed by atoms with Crippen LogP contribution in [0.4, 0.5) is 0 Å². The molecular formula is C10H18NO2. The third-order valence-electron chi connectivity index (χ3n) is 1.63. The molecular weight excluding hydrogens is 166 g/mol. The largest absolute Gasteiger partial charge is 0.332 e. The average Bonchev–Trinajstić information content (AvgIpc) is 2.02.